The Balaban J connectivity index is 1.75. The zero-order chi connectivity index (χ0) is 16.5. The molecule has 0 unspecified atom stereocenters. The molecule has 128 valence electrons. The van der Waals surface area contributed by atoms with Gasteiger partial charge in [-0.25, -0.2) is 0 Å². The van der Waals surface area contributed by atoms with E-state index >= 15 is 0 Å². The van der Waals surface area contributed by atoms with Crippen LogP contribution in [0.15, 0.2) is 35.3 Å². The van der Waals surface area contributed by atoms with Crippen LogP contribution in [0.25, 0.3) is 0 Å². The second kappa shape index (κ2) is 9.56. The van der Waals surface area contributed by atoms with Crippen molar-refractivity contribution in [2.45, 2.75) is 32.7 Å². The van der Waals surface area contributed by atoms with Crippen LogP contribution >= 0.6 is 0 Å². The van der Waals surface area contributed by atoms with Crippen LogP contribution in [0.4, 0.5) is 0 Å². The summed E-state index contributed by atoms with van der Waals surface area (Å²) in [5, 5.41) is 3.56. The highest BCUT2D eigenvalue weighted by molar-refractivity contribution is 5.79. The minimum Gasteiger partial charge on any atom is -0.356 e. The molecule has 0 spiro atoms. The zero-order valence-corrected chi connectivity index (χ0v) is 15.0. The first-order valence-electron chi connectivity index (χ1n) is 8.91. The van der Waals surface area contributed by atoms with Gasteiger partial charge in [0.05, 0.1) is 0 Å². The van der Waals surface area contributed by atoms with E-state index in [-0.39, 0.29) is 0 Å². The highest BCUT2D eigenvalue weighted by Gasteiger charge is 2.19. The lowest BCUT2D eigenvalue weighted by molar-refractivity contribution is 0.185. The van der Waals surface area contributed by atoms with Crippen molar-refractivity contribution in [3.63, 3.8) is 0 Å². The number of hydrogen-bond acceptors (Lipinski definition) is 2. The average Bonchev–Trinajstić information content (AvgIpc) is 2.58. The van der Waals surface area contributed by atoms with Crippen molar-refractivity contribution in [1.29, 1.82) is 0 Å². The number of likely N-dealkylation sites (tertiary alicyclic amines) is 1. The Kier molecular flexibility index (Phi) is 7.40. The van der Waals surface area contributed by atoms with Crippen molar-refractivity contribution in [3.05, 3.63) is 35.9 Å². The summed E-state index contributed by atoms with van der Waals surface area (Å²) >= 11 is 0. The van der Waals surface area contributed by atoms with Crippen molar-refractivity contribution in [2.24, 2.45) is 10.9 Å². The van der Waals surface area contributed by atoms with Gasteiger partial charge in [0, 0.05) is 27.2 Å². The van der Waals surface area contributed by atoms with E-state index in [1.807, 2.05) is 7.05 Å². The predicted octanol–water partition coefficient (Wildman–Crippen LogP) is 2.82. The molecule has 0 radical (unpaired) electrons. The van der Waals surface area contributed by atoms with Gasteiger partial charge in [0.2, 0.25) is 0 Å². The van der Waals surface area contributed by atoms with E-state index in [0.29, 0.717) is 0 Å². The van der Waals surface area contributed by atoms with Crippen LogP contribution in [0.1, 0.15) is 31.7 Å². The summed E-state index contributed by atoms with van der Waals surface area (Å²) in [7, 11) is 3.97. The number of guanidine groups is 1. The molecule has 0 saturated carbocycles. The lowest BCUT2D eigenvalue weighted by atomic mass is 9.97. The molecule has 0 atom stereocenters. The number of hydrogen-bond donors (Lipinski definition) is 1. The highest BCUT2D eigenvalue weighted by Crippen LogP contribution is 2.16. The Bertz CT molecular complexity index is 464. The minimum atomic E-state index is 0.769. The van der Waals surface area contributed by atoms with Gasteiger partial charge in [0.1, 0.15) is 0 Å². The number of nitrogens with one attached hydrogen (secondary N) is 1. The fraction of sp³-hybridized carbons (Fsp3) is 0.632. The third kappa shape index (κ3) is 5.87. The minimum absolute atomic E-state index is 0.769. The van der Waals surface area contributed by atoms with Crippen LogP contribution in [-0.4, -0.2) is 56.0 Å². The Labute approximate surface area is 141 Å². The molecule has 23 heavy (non-hydrogen) atoms. The van der Waals surface area contributed by atoms with E-state index in [9.17, 15) is 0 Å². The molecule has 1 aliphatic rings. The van der Waals surface area contributed by atoms with E-state index in [1.54, 1.807) is 0 Å². The number of nitrogens with zero attached hydrogens (tertiary/aromatic N) is 3. The maximum absolute atomic E-state index is 4.43. The molecule has 1 heterocycles. The van der Waals surface area contributed by atoms with E-state index in [4.69, 9.17) is 0 Å². The smallest absolute Gasteiger partial charge is 0.193 e. The summed E-state index contributed by atoms with van der Waals surface area (Å²) in [5.41, 5.74) is 1.31. The van der Waals surface area contributed by atoms with Crippen molar-refractivity contribution < 1.29 is 0 Å². The Morgan fingerprint density at radius 3 is 2.57 bits per heavy atom. The molecule has 1 aliphatic heterocycles. The molecule has 1 aromatic rings. The molecule has 1 N–H and O–H groups in total. The van der Waals surface area contributed by atoms with Crippen LogP contribution in [0.3, 0.4) is 0 Å². The molecule has 1 fully saturated rings. The lowest BCUT2D eigenvalue weighted by Gasteiger charge is -2.32. The lowest BCUT2D eigenvalue weighted by Crippen LogP contribution is -2.43. The molecule has 0 aromatic heterocycles. The van der Waals surface area contributed by atoms with Crippen LogP contribution in [0.5, 0.6) is 0 Å². The Hall–Kier alpha value is -1.55. The molecule has 4 nitrogen and oxygen atoms in total. The highest BCUT2D eigenvalue weighted by atomic mass is 15.3. The van der Waals surface area contributed by atoms with Crippen LogP contribution in [0, 0.1) is 5.92 Å². The monoisotopic (exact) mass is 316 g/mol. The van der Waals surface area contributed by atoms with E-state index in [0.717, 1.165) is 25.0 Å². The molecule has 0 bridgehead atoms. The first-order valence-corrected chi connectivity index (χ1v) is 8.91. The van der Waals surface area contributed by atoms with E-state index in [1.165, 1.54) is 44.5 Å². The quantitative estimate of drug-likeness (QED) is 0.647. The van der Waals surface area contributed by atoms with Gasteiger partial charge in [-0.2, -0.15) is 0 Å². The number of piperidine rings is 1. The van der Waals surface area contributed by atoms with Crippen LogP contribution < -0.4 is 5.32 Å². The molecular formula is C19H32N4. The number of benzene rings is 1. The maximum Gasteiger partial charge on any atom is 0.193 e. The van der Waals surface area contributed by atoms with Crippen LogP contribution in [-0.2, 0) is 6.54 Å². The van der Waals surface area contributed by atoms with Gasteiger partial charge in [0.15, 0.2) is 5.96 Å². The van der Waals surface area contributed by atoms with Gasteiger partial charge >= 0.3 is 0 Å². The van der Waals surface area contributed by atoms with Crippen molar-refractivity contribution in [3.8, 4) is 0 Å². The first kappa shape index (κ1) is 17.8. The molecule has 4 heteroatoms. The first-order chi connectivity index (χ1) is 11.2. The predicted molar refractivity (Wildman–Crippen MR) is 98.7 cm³/mol. The third-order valence-corrected chi connectivity index (χ3v) is 4.63. The van der Waals surface area contributed by atoms with Crippen molar-refractivity contribution >= 4 is 5.96 Å². The third-order valence-electron chi connectivity index (χ3n) is 4.63. The van der Waals surface area contributed by atoms with Gasteiger partial charge in [-0.1, -0.05) is 37.3 Å². The standard InChI is InChI=1S/C19H32N4/c1-4-12-23-13-10-17(11-14-23)15-21-19(20-2)22(3)16-18-8-6-5-7-9-18/h5-9,17H,4,10-16H2,1-3H3,(H,20,21). The van der Waals surface area contributed by atoms with Crippen LogP contribution in [0.2, 0.25) is 0 Å². The fourth-order valence-corrected chi connectivity index (χ4v) is 3.28. The molecule has 1 saturated heterocycles. The Morgan fingerprint density at radius 1 is 1.26 bits per heavy atom. The van der Waals surface area contributed by atoms with Gasteiger partial charge in [-0.3, -0.25) is 4.99 Å². The molecular weight excluding hydrogens is 284 g/mol. The summed E-state index contributed by atoms with van der Waals surface area (Å²) in [6.07, 6.45) is 3.86. The van der Waals surface area contributed by atoms with Gasteiger partial charge in [-0.05, 0) is 50.4 Å². The maximum atomic E-state index is 4.43. The summed E-state index contributed by atoms with van der Waals surface area (Å²) in [4.78, 5) is 9.22. The SMILES string of the molecule is CCCN1CCC(CNC(=NC)N(C)Cc2ccccc2)CC1. The van der Waals surface area contributed by atoms with E-state index < -0.39 is 0 Å². The number of aliphatic imine (C=N–C) groups is 1. The summed E-state index contributed by atoms with van der Waals surface area (Å²) in [6, 6.07) is 10.6. The summed E-state index contributed by atoms with van der Waals surface area (Å²) < 4.78 is 0. The largest absolute Gasteiger partial charge is 0.356 e. The van der Waals surface area contributed by atoms with Crippen molar-refractivity contribution in [2.75, 3.05) is 40.3 Å². The van der Waals surface area contributed by atoms with E-state index in [2.05, 4.69) is 64.4 Å². The molecule has 1 aromatic carbocycles. The van der Waals surface area contributed by atoms with Gasteiger partial charge in [0.25, 0.3) is 0 Å². The molecule has 0 amide bonds. The zero-order valence-electron chi connectivity index (χ0n) is 15.0. The fourth-order valence-electron chi connectivity index (χ4n) is 3.28. The van der Waals surface area contributed by atoms with Gasteiger partial charge in [-0.15, -0.1) is 0 Å². The second-order valence-electron chi connectivity index (χ2n) is 6.55. The molecule has 0 aliphatic carbocycles. The molecule has 2 rings (SSSR count). The summed E-state index contributed by atoms with van der Waals surface area (Å²) in [5.74, 6) is 1.76. The second-order valence-corrected chi connectivity index (χ2v) is 6.55. The average molecular weight is 316 g/mol. The van der Waals surface area contributed by atoms with Gasteiger partial charge < -0.3 is 15.1 Å². The summed E-state index contributed by atoms with van der Waals surface area (Å²) in [6.45, 7) is 7.93. The van der Waals surface area contributed by atoms with Crippen molar-refractivity contribution in [1.82, 2.24) is 15.1 Å². The normalized spacial score (nSPS) is 17.3. The Morgan fingerprint density at radius 2 is 1.96 bits per heavy atom. The number of rotatable bonds is 6. The topological polar surface area (TPSA) is 30.9 Å².